The van der Waals surface area contributed by atoms with Crippen LogP contribution < -0.4 is 4.74 Å². The van der Waals surface area contributed by atoms with Crippen LogP contribution in [-0.2, 0) is 24.1 Å². The van der Waals surface area contributed by atoms with Gasteiger partial charge in [0.1, 0.15) is 5.75 Å². The lowest BCUT2D eigenvalue weighted by Gasteiger charge is -2.12. The molecule has 0 saturated carbocycles. The first-order valence-electron chi connectivity index (χ1n) is 5.54. The molecule has 15 heavy (non-hydrogen) atoms. The lowest BCUT2D eigenvalue weighted by molar-refractivity contribution is -0.131. The van der Waals surface area contributed by atoms with Gasteiger partial charge in [0, 0.05) is 6.92 Å². The van der Waals surface area contributed by atoms with E-state index >= 15 is 0 Å². The molecule has 0 amide bonds. The fourth-order valence-corrected chi connectivity index (χ4v) is 2.36. The summed E-state index contributed by atoms with van der Waals surface area (Å²) in [6.07, 6.45) is 4.47. The Morgan fingerprint density at radius 2 is 2.20 bits per heavy atom. The van der Waals surface area contributed by atoms with Crippen LogP contribution in [0.15, 0.2) is 12.1 Å². The van der Waals surface area contributed by atoms with Gasteiger partial charge in [-0.25, -0.2) is 0 Å². The number of carbonyl (C=O) groups is 1. The van der Waals surface area contributed by atoms with Gasteiger partial charge in [0.15, 0.2) is 0 Å². The second kappa shape index (κ2) is 4.05. The van der Waals surface area contributed by atoms with Gasteiger partial charge >= 0.3 is 5.97 Å². The largest absolute Gasteiger partial charge is 0.426 e. The van der Waals surface area contributed by atoms with E-state index in [1.807, 2.05) is 6.07 Å². The first-order chi connectivity index (χ1) is 7.22. The van der Waals surface area contributed by atoms with E-state index in [1.165, 1.54) is 36.5 Å². The van der Waals surface area contributed by atoms with Gasteiger partial charge in [0.25, 0.3) is 0 Å². The molecule has 0 radical (unpaired) electrons. The van der Waals surface area contributed by atoms with Crippen molar-refractivity contribution >= 4 is 5.97 Å². The fraction of sp³-hybridized carbons (Fsp3) is 0.462. The number of carbonyl (C=O) groups excluding carboxylic acids is 1. The summed E-state index contributed by atoms with van der Waals surface area (Å²) in [5, 5.41) is 0. The van der Waals surface area contributed by atoms with Crippen molar-refractivity contribution in [2.75, 3.05) is 0 Å². The van der Waals surface area contributed by atoms with Gasteiger partial charge < -0.3 is 4.74 Å². The molecule has 80 valence electrons. The predicted molar refractivity (Wildman–Crippen MR) is 59.2 cm³/mol. The zero-order valence-corrected chi connectivity index (χ0v) is 9.30. The third-order valence-electron chi connectivity index (χ3n) is 2.97. The number of hydrogen-bond donors (Lipinski definition) is 0. The van der Waals surface area contributed by atoms with E-state index in [-0.39, 0.29) is 5.97 Å². The summed E-state index contributed by atoms with van der Waals surface area (Å²) in [6.45, 7) is 3.56. The number of aryl methyl sites for hydroxylation is 1. The van der Waals surface area contributed by atoms with Gasteiger partial charge in [-0.15, -0.1) is 0 Å². The van der Waals surface area contributed by atoms with Crippen LogP contribution in [0.3, 0.4) is 0 Å². The second-order valence-corrected chi connectivity index (χ2v) is 3.98. The molecule has 0 aromatic heterocycles. The maximum atomic E-state index is 11.0. The zero-order chi connectivity index (χ0) is 10.8. The van der Waals surface area contributed by atoms with E-state index in [1.54, 1.807) is 0 Å². The normalized spacial score (nSPS) is 13.7. The van der Waals surface area contributed by atoms with Gasteiger partial charge in [-0.05, 0) is 48.4 Å². The quantitative estimate of drug-likeness (QED) is 0.547. The summed E-state index contributed by atoms with van der Waals surface area (Å²) < 4.78 is 5.22. The van der Waals surface area contributed by atoms with E-state index in [2.05, 4.69) is 13.0 Å². The lowest BCUT2D eigenvalue weighted by Crippen LogP contribution is -2.05. The molecular weight excluding hydrogens is 188 g/mol. The Hall–Kier alpha value is -1.31. The van der Waals surface area contributed by atoms with Crippen LogP contribution in [0.1, 0.15) is 37.0 Å². The van der Waals surface area contributed by atoms with Crippen LogP contribution in [0.4, 0.5) is 0 Å². The highest BCUT2D eigenvalue weighted by atomic mass is 16.5. The van der Waals surface area contributed by atoms with Crippen LogP contribution in [0.25, 0.3) is 0 Å². The molecule has 0 N–H and O–H groups in total. The highest BCUT2D eigenvalue weighted by Gasteiger charge is 2.17. The zero-order valence-electron chi connectivity index (χ0n) is 9.30. The summed E-state index contributed by atoms with van der Waals surface area (Å²) >= 11 is 0. The smallest absolute Gasteiger partial charge is 0.308 e. The second-order valence-electron chi connectivity index (χ2n) is 3.98. The Morgan fingerprint density at radius 1 is 1.40 bits per heavy atom. The molecule has 1 aliphatic rings. The van der Waals surface area contributed by atoms with Gasteiger partial charge in [0.05, 0.1) is 0 Å². The summed E-state index contributed by atoms with van der Waals surface area (Å²) in [4.78, 5) is 11.0. The molecule has 1 aliphatic carbocycles. The highest BCUT2D eigenvalue weighted by molar-refractivity contribution is 5.70. The SMILES string of the molecule is CCc1c(OC(C)=O)ccc2c1CCC2. The Kier molecular flexibility index (Phi) is 2.76. The molecule has 1 aromatic carbocycles. The number of benzene rings is 1. The molecular formula is C13H16O2. The molecule has 0 spiro atoms. The van der Waals surface area contributed by atoms with Crippen molar-refractivity contribution in [2.24, 2.45) is 0 Å². The van der Waals surface area contributed by atoms with Crippen molar-refractivity contribution in [1.82, 2.24) is 0 Å². The Labute approximate surface area is 90.3 Å². The minimum atomic E-state index is -0.234. The number of esters is 1. The maximum absolute atomic E-state index is 11.0. The molecule has 0 unspecified atom stereocenters. The number of ether oxygens (including phenoxy) is 1. The third-order valence-corrected chi connectivity index (χ3v) is 2.97. The maximum Gasteiger partial charge on any atom is 0.308 e. The third kappa shape index (κ3) is 1.89. The molecule has 0 atom stereocenters. The van der Waals surface area contributed by atoms with Crippen LogP contribution in [0.5, 0.6) is 5.75 Å². The molecule has 2 heteroatoms. The van der Waals surface area contributed by atoms with Gasteiger partial charge in [-0.2, -0.15) is 0 Å². The van der Waals surface area contributed by atoms with Crippen LogP contribution in [0, 0.1) is 0 Å². The predicted octanol–water partition coefficient (Wildman–Crippen LogP) is 2.66. The van der Waals surface area contributed by atoms with Crippen molar-refractivity contribution in [2.45, 2.75) is 39.5 Å². The Morgan fingerprint density at radius 3 is 2.87 bits per heavy atom. The lowest BCUT2D eigenvalue weighted by atomic mass is 10.0. The molecule has 0 heterocycles. The van der Waals surface area contributed by atoms with Gasteiger partial charge in [0.2, 0.25) is 0 Å². The summed E-state index contributed by atoms with van der Waals surface area (Å²) in [6, 6.07) is 4.03. The van der Waals surface area contributed by atoms with Gasteiger partial charge in [-0.3, -0.25) is 4.79 Å². The molecule has 0 aliphatic heterocycles. The minimum Gasteiger partial charge on any atom is -0.426 e. The van der Waals surface area contributed by atoms with Crippen molar-refractivity contribution < 1.29 is 9.53 Å². The van der Waals surface area contributed by atoms with Crippen LogP contribution in [0.2, 0.25) is 0 Å². The number of fused-ring (bicyclic) bond motifs is 1. The minimum absolute atomic E-state index is 0.234. The Bertz CT molecular complexity index is 394. The van der Waals surface area contributed by atoms with Crippen molar-refractivity contribution in [3.8, 4) is 5.75 Å². The van der Waals surface area contributed by atoms with E-state index < -0.39 is 0 Å². The summed E-state index contributed by atoms with van der Waals surface area (Å²) in [5.41, 5.74) is 4.07. The average molecular weight is 204 g/mol. The molecule has 0 bridgehead atoms. The van der Waals surface area contributed by atoms with Crippen molar-refractivity contribution in [3.05, 3.63) is 28.8 Å². The van der Waals surface area contributed by atoms with Gasteiger partial charge in [-0.1, -0.05) is 13.0 Å². The molecule has 0 fully saturated rings. The molecule has 1 aromatic rings. The monoisotopic (exact) mass is 204 g/mol. The average Bonchev–Trinajstić information content (AvgIpc) is 2.64. The van der Waals surface area contributed by atoms with E-state index in [0.29, 0.717) is 0 Å². The van der Waals surface area contributed by atoms with Crippen molar-refractivity contribution in [1.29, 1.82) is 0 Å². The fourth-order valence-electron chi connectivity index (χ4n) is 2.36. The van der Waals surface area contributed by atoms with E-state index in [4.69, 9.17) is 4.74 Å². The van der Waals surface area contributed by atoms with Crippen LogP contribution in [-0.4, -0.2) is 5.97 Å². The Balaban J connectivity index is 2.43. The molecule has 0 saturated heterocycles. The first kappa shape index (κ1) is 10.2. The van der Waals surface area contributed by atoms with E-state index in [9.17, 15) is 4.79 Å². The number of rotatable bonds is 2. The summed E-state index contributed by atoms with van der Waals surface area (Å²) in [7, 11) is 0. The first-order valence-corrected chi connectivity index (χ1v) is 5.54. The standard InChI is InChI=1S/C13H16O2/c1-3-11-12-6-4-5-10(12)7-8-13(11)15-9(2)14/h7-8H,3-6H2,1-2H3. The molecule has 2 nitrogen and oxygen atoms in total. The van der Waals surface area contributed by atoms with Crippen molar-refractivity contribution in [3.63, 3.8) is 0 Å². The van der Waals surface area contributed by atoms with Crippen LogP contribution >= 0.6 is 0 Å². The van der Waals surface area contributed by atoms with E-state index in [0.717, 1.165) is 18.6 Å². The molecule has 2 rings (SSSR count). The highest BCUT2D eigenvalue weighted by Crippen LogP contribution is 2.32. The topological polar surface area (TPSA) is 26.3 Å². The summed E-state index contributed by atoms with van der Waals surface area (Å²) in [5.74, 6) is 0.522. The number of hydrogen-bond acceptors (Lipinski definition) is 2.